The van der Waals surface area contributed by atoms with Gasteiger partial charge in [-0.15, -0.1) is 11.3 Å². The van der Waals surface area contributed by atoms with Crippen LogP contribution in [-0.4, -0.2) is 55.7 Å². The first-order chi connectivity index (χ1) is 15.5. The fourth-order valence-electron chi connectivity index (χ4n) is 3.80. The Kier molecular flexibility index (Phi) is 6.69. The number of pyridine rings is 2. The molecule has 7 heteroatoms. The van der Waals surface area contributed by atoms with Gasteiger partial charge in [-0.3, -0.25) is 14.0 Å². The van der Waals surface area contributed by atoms with E-state index in [-0.39, 0.29) is 11.5 Å². The van der Waals surface area contributed by atoms with Gasteiger partial charge in [-0.25, -0.2) is 0 Å². The highest BCUT2D eigenvalue weighted by atomic mass is 32.1. The lowest BCUT2D eigenvalue weighted by Gasteiger charge is -2.23. The third-order valence-corrected chi connectivity index (χ3v) is 6.50. The summed E-state index contributed by atoms with van der Waals surface area (Å²) in [4.78, 5) is 29.0. The van der Waals surface area contributed by atoms with Crippen molar-refractivity contribution in [1.82, 2.24) is 9.30 Å². The molecule has 3 aromatic heterocycles. The van der Waals surface area contributed by atoms with Crippen molar-refractivity contribution in [2.24, 2.45) is 0 Å². The summed E-state index contributed by atoms with van der Waals surface area (Å²) in [5, 5.41) is 2.98. The Balaban J connectivity index is 1.97. The van der Waals surface area contributed by atoms with Crippen molar-refractivity contribution in [3.8, 4) is 11.1 Å². The van der Waals surface area contributed by atoms with E-state index in [1.54, 1.807) is 35.8 Å². The van der Waals surface area contributed by atoms with Gasteiger partial charge in [0.15, 0.2) is 0 Å². The summed E-state index contributed by atoms with van der Waals surface area (Å²) in [7, 11) is 3.22. The first-order valence-corrected chi connectivity index (χ1v) is 11.3. The Morgan fingerprint density at radius 1 is 1.03 bits per heavy atom. The van der Waals surface area contributed by atoms with Crippen molar-refractivity contribution in [2.45, 2.75) is 6.92 Å². The molecule has 0 aliphatic rings. The van der Waals surface area contributed by atoms with Gasteiger partial charge in [0.25, 0.3) is 11.5 Å². The second-order valence-corrected chi connectivity index (χ2v) is 8.58. The fraction of sp³-hybridized carbons (Fsp3) is 0.280. The molecule has 1 amide bonds. The molecular weight excluding hydrogens is 424 g/mol. The van der Waals surface area contributed by atoms with E-state index < -0.39 is 0 Å². The number of aromatic nitrogens is 1. The highest BCUT2D eigenvalue weighted by Crippen LogP contribution is 2.30. The fourth-order valence-corrected chi connectivity index (χ4v) is 4.74. The standard InChI is InChI=1S/C25H26N2O4S/c1-17-4-6-18(7-5-17)20-16-21(24(28)26(11-13-30-2)12-14-31-3)22-23-19(9-15-32-23)8-10-27(22)25(20)29/h4-10,15-16H,11-14H2,1-3H3. The van der Waals surface area contributed by atoms with Crippen LogP contribution in [0.15, 0.2) is 58.8 Å². The molecule has 0 aliphatic carbocycles. The number of fused-ring (bicyclic) bond motifs is 3. The zero-order valence-corrected chi connectivity index (χ0v) is 19.3. The quantitative estimate of drug-likeness (QED) is 0.403. The number of methoxy groups -OCH3 is 2. The molecule has 1 aromatic carbocycles. The lowest BCUT2D eigenvalue weighted by Crippen LogP contribution is -2.37. The molecule has 3 heterocycles. The maximum Gasteiger partial charge on any atom is 0.263 e. The largest absolute Gasteiger partial charge is 0.383 e. The molecule has 4 rings (SSSR count). The first kappa shape index (κ1) is 22.2. The topological polar surface area (TPSA) is 60.2 Å². The summed E-state index contributed by atoms with van der Waals surface area (Å²) in [5.74, 6) is -0.147. The summed E-state index contributed by atoms with van der Waals surface area (Å²) in [6, 6.07) is 13.4. The Bertz CT molecular complexity index is 1300. The van der Waals surface area contributed by atoms with E-state index >= 15 is 0 Å². The molecule has 0 atom stereocenters. The van der Waals surface area contributed by atoms with Gasteiger partial charge in [-0.1, -0.05) is 29.8 Å². The third kappa shape index (κ3) is 4.19. The predicted molar refractivity (Wildman–Crippen MR) is 129 cm³/mol. The molecule has 0 saturated heterocycles. The van der Waals surface area contributed by atoms with Crippen LogP contribution in [0, 0.1) is 6.92 Å². The van der Waals surface area contributed by atoms with Crippen molar-refractivity contribution in [2.75, 3.05) is 40.5 Å². The van der Waals surface area contributed by atoms with Crippen LogP contribution in [0.2, 0.25) is 0 Å². The predicted octanol–water partition coefficient (Wildman–Crippen LogP) is 4.22. The van der Waals surface area contributed by atoms with E-state index in [1.165, 1.54) is 11.3 Å². The summed E-state index contributed by atoms with van der Waals surface area (Å²) in [6.07, 6.45) is 1.76. The molecular formula is C25H26N2O4S. The number of benzene rings is 1. The van der Waals surface area contributed by atoms with Crippen molar-refractivity contribution in [1.29, 1.82) is 0 Å². The smallest absolute Gasteiger partial charge is 0.263 e. The average molecular weight is 451 g/mol. The molecule has 0 radical (unpaired) electrons. The van der Waals surface area contributed by atoms with Crippen LogP contribution in [0.4, 0.5) is 0 Å². The number of hydrogen-bond acceptors (Lipinski definition) is 5. The minimum Gasteiger partial charge on any atom is -0.383 e. The van der Waals surface area contributed by atoms with Crippen molar-refractivity contribution in [3.05, 3.63) is 75.5 Å². The number of rotatable bonds is 8. The number of amides is 1. The number of thiophene rings is 1. The van der Waals surface area contributed by atoms with Crippen LogP contribution in [0.1, 0.15) is 15.9 Å². The normalized spacial score (nSPS) is 11.3. The Morgan fingerprint density at radius 2 is 1.72 bits per heavy atom. The van der Waals surface area contributed by atoms with Crippen LogP contribution >= 0.6 is 11.3 Å². The minimum atomic E-state index is -0.147. The molecule has 0 spiro atoms. The van der Waals surface area contributed by atoms with Gasteiger partial charge in [0.2, 0.25) is 0 Å². The zero-order chi connectivity index (χ0) is 22.7. The zero-order valence-electron chi connectivity index (χ0n) is 18.5. The van der Waals surface area contributed by atoms with E-state index in [4.69, 9.17) is 9.47 Å². The summed E-state index contributed by atoms with van der Waals surface area (Å²) < 4.78 is 13.0. The van der Waals surface area contributed by atoms with Crippen molar-refractivity contribution >= 4 is 32.8 Å². The maximum atomic E-state index is 13.8. The monoisotopic (exact) mass is 450 g/mol. The Labute approximate surface area is 190 Å². The van der Waals surface area contributed by atoms with Crippen LogP contribution in [0.5, 0.6) is 0 Å². The van der Waals surface area contributed by atoms with E-state index in [1.807, 2.05) is 48.7 Å². The number of hydrogen-bond donors (Lipinski definition) is 0. The molecule has 0 unspecified atom stereocenters. The van der Waals surface area contributed by atoms with E-state index in [9.17, 15) is 9.59 Å². The SMILES string of the molecule is COCCN(CCOC)C(=O)c1cc(-c2ccc(C)cc2)c(=O)n2ccc3ccsc3c12. The maximum absolute atomic E-state index is 13.8. The van der Waals surface area contributed by atoms with E-state index in [0.717, 1.165) is 21.2 Å². The van der Waals surface area contributed by atoms with Crippen LogP contribution in [0.3, 0.4) is 0 Å². The Hall–Kier alpha value is -3.00. The number of nitrogens with zero attached hydrogens (tertiary/aromatic N) is 2. The number of carbonyl (C=O) groups excluding carboxylic acids is 1. The van der Waals surface area contributed by atoms with Gasteiger partial charge >= 0.3 is 0 Å². The summed E-state index contributed by atoms with van der Waals surface area (Å²) in [6.45, 7) is 3.70. The van der Waals surface area contributed by atoms with Crippen LogP contribution in [-0.2, 0) is 9.47 Å². The van der Waals surface area contributed by atoms with Crippen molar-refractivity contribution in [3.63, 3.8) is 0 Å². The van der Waals surface area contributed by atoms with Gasteiger partial charge < -0.3 is 14.4 Å². The first-order valence-electron chi connectivity index (χ1n) is 10.4. The van der Waals surface area contributed by atoms with Crippen molar-refractivity contribution < 1.29 is 14.3 Å². The lowest BCUT2D eigenvalue weighted by atomic mass is 10.0. The molecule has 32 heavy (non-hydrogen) atoms. The molecule has 4 aromatic rings. The van der Waals surface area contributed by atoms with E-state index in [0.29, 0.717) is 42.9 Å². The van der Waals surface area contributed by atoms with Gasteiger partial charge in [0.1, 0.15) is 0 Å². The second kappa shape index (κ2) is 9.65. The Morgan fingerprint density at radius 3 is 2.38 bits per heavy atom. The molecule has 6 nitrogen and oxygen atoms in total. The van der Waals surface area contributed by atoms with Gasteiger partial charge in [-0.05, 0) is 41.5 Å². The molecule has 0 fully saturated rings. The third-order valence-electron chi connectivity index (χ3n) is 5.56. The average Bonchev–Trinajstić information content (AvgIpc) is 3.29. The highest BCUT2D eigenvalue weighted by molar-refractivity contribution is 7.18. The second-order valence-electron chi connectivity index (χ2n) is 7.66. The molecule has 0 N–H and O–H groups in total. The van der Waals surface area contributed by atoms with Crippen LogP contribution < -0.4 is 5.56 Å². The number of ether oxygens (including phenoxy) is 2. The van der Waals surface area contributed by atoms with Gasteiger partial charge in [-0.2, -0.15) is 0 Å². The van der Waals surface area contributed by atoms with Gasteiger partial charge in [0.05, 0.1) is 29.0 Å². The minimum absolute atomic E-state index is 0.143. The number of carbonyl (C=O) groups is 1. The highest BCUT2D eigenvalue weighted by Gasteiger charge is 2.23. The van der Waals surface area contributed by atoms with Gasteiger partial charge in [0, 0.05) is 39.1 Å². The van der Waals surface area contributed by atoms with E-state index in [2.05, 4.69) is 0 Å². The molecule has 0 saturated carbocycles. The molecule has 0 bridgehead atoms. The number of aryl methyl sites for hydroxylation is 1. The summed E-state index contributed by atoms with van der Waals surface area (Å²) in [5.41, 5.74) is 3.40. The lowest BCUT2D eigenvalue weighted by molar-refractivity contribution is 0.0629. The molecule has 0 aliphatic heterocycles. The summed E-state index contributed by atoms with van der Waals surface area (Å²) >= 11 is 1.53. The van der Waals surface area contributed by atoms with Crippen LogP contribution in [0.25, 0.3) is 26.7 Å². The molecule has 166 valence electrons.